The van der Waals surface area contributed by atoms with Gasteiger partial charge in [-0.05, 0) is 12.1 Å². The minimum absolute atomic E-state index is 0.191. The summed E-state index contributed by atoms with van der Waals surface area (Å²) < 4.78 is 16.3. The molecule has 0 aromatic carbocycles. The number of hydrogen-bond donors (Lipinski definition) is 0. The van der Waals surface area contributed by atoms with Crippen LogP contribution < -0.4 is 9.47 Å². The predicted molar refractivity (Wildman–Crippen MR) is 93.3 cm³/mol. The maximum Gasteiger partial charge on any atom is 0.278 e. The number of likely N-dealkylation sites (tertiary alicyclic amines) is 1. The van der Waals surface area contributed by atoms with Crippen molar-refractivity contribution in [3.8, 4) is 23.1 Å². The number of pyridine rings is 1. The van der Waals surface area contributed by atoms with Crippen molar-refractivity contribution in [1.29, 1.82) is 0 Å². The standard InChI is InChI=1S/C18H17N5O4/c1-25-16-17(21-7-6-20-16)26-13-4-8-23(11-13)18(24)14-9-15(27-22-14)12-3-2-5-19-10-12/h2-3,5-7,9-10,13H,4,8,11H2,1H3. The molecule has 9 heteroatoms. The van der Waals surface area contributed by atoms with E-state index in [2.05, 4.69) is 20.1 Å². The summed E-state index contributed by atoms with van der Waals surface area (Å²) in [6, 6.07) is 5.26. The second-order valence-electron chi connectivity index (χ2n) is 5.97. The highest BCUT2D eigenvalue weighted by Crippen LogP contribution is 2.25. The first kappa shape index (κ1) is 17.0. The normalized spacial score (nSPS) is 16.3. The quantitative estimate of drug-likeness (QED) is 0.673. The number of carbonyl (C=O) groups excluding carboxylic acids is 1. The minimum Gasteiger partial charge on any atom is -0.477 e. The van der Waals surface area contributed by atoms with Crippen LogP contribution in [0.15, 0.2) is 47.5 Å². The van der Waals surface area contributed by atoms with Gasteiger partial charge in [0.1, 0.15) is 6.10 Å². The Labute approximate surface area is 155 Å². The molecule has 0 spiro atoms. The van der Waals surface area contributed by atoms with Gasteiger partial charge in [0.05, 0.1) is 13.7 Å². The lowest BCUT2D eigenvalue weighted by Gasteiger charge is -2.16. The molecule has 4 rings (SSSR count). The van der Waals surface area contributed by atoms with E-state index in [4.69, 9.17) is 14.0 Å². The van der Waals surface area contributed by atoms with Crippen molar-refractivity contribution in [3.63, 3.8) is 0 Å². The lowest BCUT2D eigenvalue weighted by Crippen LogP contribution is -2.31. The van der Waals surface area contributed by atoms with Crippen LogP contribution in [0.3, 0.4) is 0 Å². The van der Waals surface area contributed by atoms with Crippen LogP contribution in [0.4, 0.5) is 0 Å². The summed E-state index contributed by atoms with van der Waals surface area (Å²) in [5, 5.41) is 3.90. The van der Waals surface area contributed by atoms with Gasteiger partial charge in [-0.25, -0.2) is 9.97 Å². The zero-order chi connectivity index (χ0) is 18.6. The van der Waals surface area contributed by atoms with E-state index in [0.29, 0.717) is 37.0 Å². The van der Waals surface area contributed by atoms with Crippen molar-refractivity contribution in [2.75, 3.05) is 20.2 Å². The van der Waals surface area contributed by atoms with Gasteiger partial charge in [-0.15, -0.1) is 0 Å². The fourth-order valence-corrected chi connectivity index (χ4v) is 2.88. The molecular weight excluding hydrogens is 350 g/mol. The van der Waals surface area contributed by atoms with E-state index in [1.54, 1.807) is 29.4 Å². The first-order valence-corrected chi connectivity index (χ1v) is 8.42. The smallest absolute Gasteiger partial charge is 0.278 e. The van der Waals surface area contributed by atoms with Crippen LogP contribution in [0, 0.1) is 0 Å². The van der Waals surface area contributed by atoms with Crippen LogP contribution >= 0.6 is 0 Å². The van der Waals surface area contributed by atoms with Crippen molar-refractivity contribution >= 4 is 5.91 Å². The fourth-order valence-electron chi connectivity index (χ4n) is 2.88. The van der Waals surface area contributed by atoms with Crippen LogP contribution in [0.1, 0.15) is 16.9 Å². The first-order chi connectivity index (χ1) is 13.2. The molecule has 1 fully saturated rings. The van der Waals surface area contributed by atoms with Crippen molar-refractivity contribution in [2.45, 2.75) is 12.5 Å². The maximum absolute atomic E-state index is 12.7. The molecule has 138 valence electrons. The molecule has 0 N–H and O–H groups in total. The van der Waals surface area contributed by atoms with E-state index in [-0.39, 0.29) is 17.7 Å². The zero-order valence-corrected chi connectivity index (χ0v) is 14.6. The monoisotopic (exact) mass is 367 g/mol. The summed E-state index contributed by atoms with van der Waals surface area (Å²) in [5.74, 6) is 0.938. The highest BCUT2D eigenvalue weighted by molar-refractivity contribution is 5.93. The Hall–Kier alpha value is -3.49. The van der Waals surface area contributed by atoms with Gasteiger partial charge in [0.25, 0.3) is 17.7 Å². The fraction of sp³-hybridized carbons (Fsp3) is 0.278. The number of hydrogen-bond acceptors (Lipinski definition) is 8. The average Bonchev–Trinajstić information content (AvgIpc) is 3.39. The van der Waals surface area contributed by atoms with Gasteiger partial charge in [0, 0.05) is 49.4 Å². The molecule has 1 saturated heterocycles. The van der Waals surface area contributed by atoms with Gasteiger partial charge in [-0.3, -0.25) is 9.78 Å². The molecule has 0 bridgehead atoms. The number of rotatable bonds is 5. The Morgan fingerprint density at radius 1 is 1.26 bits per heavy atom. The summed E-state index contributed by atoms with van der Waals surface area (Å²) in [6.07, 6.45) is 6.87. The van der Waals surface area contributed by atoms with Crippen LogP contribution in [-0.4, -0.2) is 57.2 Å². The first-order valence-electron chi connectivity index (χ1n) is 8.42. The Morgan fingerprint density at radius 2 is 2.11 bits per heavy atom. The molecule has 1 amide bonds. The molecule has 1 atom stereocenters. The van der Waals surface area contributed by atoms with Crippen LogP contribution in [0.2, 0.25) is 0 Å². The molecule has 0 aliphatic carbocycles. The van der Waals surface area contributed by atoms with Gasteiger partial charge < -0.3 is 18.9 Å². The third-order valence-corrected chi connectivity index (χ3v) is 4.21. The molecule has 1 aliphatic rings. The third kappa shape index (κ3) is 3.57. The molecule has 9 nitrogen and oxygen atoms in total. The van der Waals surface area contributed by atoms with E-state index in [0.717, 1.165) is 5.56 Å². The molecule has 0 radical (unpaired) electrons. The Bertz CT molecular complexity index is 930. The Kier molecular flexibility index (Phi) is 4.65. The van der Waals surface area contributed by atoms with Gasteiger partial charge >= 0.3 is 0 Å². The Balaban J connectivity index is 1.42. The number of amides is 1. The molecule has 4 heterocycles. The number of ether oxygens (including phenoxy) is 2. The third-order valence-electron chi connectivity index (χ3n) is 4.21. The number of methoxy groups -OCH3 is 1. The molecule has 3 aromatic heterocycles. The van der Waals surface area contributed by atoms with Crippen LogP contribution in [0.25, 0.3) is 11.3 Å². The van der Waals surface area contributed by atoms with E-state index in [9.17, 15) is 4.79 Å². The predicted octanol–water partition coefficient (Wildman–Crippen LogP) is 1.83. The SMILES string of the molecule is COc1nccnc1OC1CCN(C(=O)c2cc(-c3cccnc3)on2)C1. The maximum atomic E-state index is 12.7. The van der Waals surface area contributed by atoms with Crippen molar-refractivity contribution in [2.24, 2.45) is 0 Å². The van der Waals surface area contributed by atoms with E-state index < -0.39 is 0 Å². The summed E-state index contributed by atoms with van der Waals surface area (Å²) in [4.78, 5) is 26.6. The van der Waals surface area contributed by atoms with Crippen molar-refractivity contribution < 1.29 is 18.8 Å². The van der Waals surface area contributed by atoms with Crippen molar-refractivity contribution in [1.82, 2.24) is 25.0 Å². The largest absolute Gasteiger partial charge is 0.477 e. The number of nitrogens with zero attached hydrogens (tertiary/aromatic N) is 5. The molecule has 1 aliphatic heterocycles. The van der Waals surface area contributed by atoms with E-state index in [1.165, 1.54) is 19.5 Å². The molecule has 27 heavy (non-hydrogen) atoms. The lowest BCUT2D eigenvalue weighted by molar-refractivity contribution is 0.0760. The summed E-state index contributed by atoms with van der Waals surface area (Å²) >= 11 is 0. The van der Waals surface area contributed by atoms with E-state index >= 15 is 0 Å². The highest BCUT2D eigenvalue weighted by Gasteiger charge is 2.31. The summed E-state index contributed by atoms with van der Waals surface area (Å²) in [7, 11) is 1.51. The minimum atomic E-state index is -0.203. The van der Waals surface area contributed by atoms with Gasteiger partial charge in [0.2, 0.25) is 0 Å². The summed E-state index contributed by atoms with van der Waals surface area (Å²) in [6.45, 7) is 0.981. The second kappa shape index (κ2) is 7.40. The van der Waals surface area contributed by atoms with Gasteiger partial charge in [0.15, 0.2) is 11.5 Å². The second-order valence-corrected chi connectivity index (χ2v) is 5.97. The number of aromatic nitrogens is 4. The topological polar surface area (TPSA) is 103 Å². The van der Waals surface area contributed by atoms with Crippen LogP contribution in [0.5, 0.6) is 11.8 Å². The zero-order valence-electron chi connectivity index (χ0n) is 14.6. The number of carbonyl (C=O) groups is 1. The Morgan fingerprint density at radius 3 is 2.89 bits per heavy atom. The van der Waals surface area contributed by atoms with E-state index in [1.807, 2.05) is 6.07 Å². The van der Waals surface area contributed by atoms with Gasteiger partial charge in [-0.1, -0.05) is 5.16 Å². The average molecular weight is 367 g/mol. The lowest BCUT2D eigenvalue weighted by atomic mass is 10.2. The molecule has 0 saturated carbocycles. The van der Waals surface area contributed by atoms with Crippen molar-refractivity contribution in [3.05, 3.63) is 48.7 Å². The summed E-state index contributed by atoms with van der Waals surface area (Å²) in [5.41, 5.74) is 1.02. The highest BCUT2D eigenvalue weighted by atomic mass is 16.5. The van der Waals surface area contributed by atoms with Gasteiger partial charge in [-0.2, -0.15) is 0 Å². The van der Waals surface area contributed by atoms with Crippen LogP contribution in [-0.2, 0) is 0 Å². The molecule has 1 unspecified atom stereocenters. The molecule has 3 aromatic rings. The molecular formula is C18H17N5O4.